The number of benzene rings is 3. The smallest absolute Gasteiger partial charge is 0.407 e. The molecule has 1 N–H and O–H groups in total. The number of hydrogen-bond acceptors (Lipinski definition) is 5. The van der Waals surface area contributed by atoms with Crippen LogP contribution in [0.5, 0.6) is 0 Å². The van der Waals surface area contributed by atoms with Gasteiger partial charge in [-0.3, -0.25) is 4.79 Å². The summed E-state index contributed by atoms with van der Waals surface area (Å²) in [4.78, 5) is 29.3. The van der Waals surface area contributed by atoms with Gasteiger partial charge in [0.1, 0.15) is 0 Å². The molecular weight excluding hydrogens is 793 g/mol. The molecule has 11 heteroatoms. The second-order valence-electron chi connectivity index (χ2n) is 18.2. The zero-order valence-electron chi connectivity index (χ0n) is 33.7. The van der Waals surface area contributed by atoms with Gasteiger partial charge in [0.25, 0.3) is 13.9 Å². The lowest BCUT2D eigenvalue weighted by Crippen LogP contribution is -2.67. The van der Waals surface area contributed by atoms with Gasteiger partial charge in [0.15, 0.2) is 8.32 Å². The lowest BCUT2D eigenvalue weighted by Gasteiger charge is -2.45. The average Bonchev–Trinajstić information content (AvgIpc) is 3.09. The molecular formula is C43H59BrN2O5SSi2. The fourth-order valence-electron chi connectivity index (χ4n) is 7.34. The summed E-state index contributed by atoms with van der Waals surface area (Å²) in [6, 6.07) is 26.5. The van der Waals surface area contributed by atoms with E-state index in [2.05, 4.69) is 133 Å². The molecule has 2 atom stereocenters. The molecule has 1 saturated heterocycles. The Balaban J connectivity index is 1.46. The summed E-state index contributed by atoms with van der Waals surface area (Å²) in [7, 11) is -4.85. The van der Waals surface area contributed by atoms with E-state index in [-0.39, 0.29) is 32.3 Å². The third-order valence-electron chi connectivity index (χ3n) is 11.4. The molecule has 0 aliphatic carbocycles. The van der Waals surface area contributed by atoms with E-state index in [0.29, 0.717) is 44.5 Å². The molecule has 1 aliphatic rings. The third kappa shape index (κ3) is 9.29. The highest BCUT2D eigenvalue weighted by molar-refractivity contribution is 9.10. The van der Waals surface area contributed by atoms with Crippen molar-refractivity contribution in [2.24, 2.45) is 5.41 Å². The van der Waals surface area contributed by atoms with Crippen LogP contribution in [-0.4, -0.2) is 68.4 Å². The van der Waals surface area contributed by atoms with Gasteiger partial charge in [0.2, 0.25) is 0 Å². The van der Waals surface area contributed by atoms with Crippen molar-refractivity contribution in [3.8, 4) is 0 Å². The summed E-state index contributed by atoms with van der Waals surface area (Å²) in [5.41, 5.74) is -0.292. The average molecular weight is 852 g/mol. The van der Waals surface area contributed by atoms with E-state index in [1.54, 1.807) is 16.7 Å². The molecule has 0 spiro atoms. The Morgan fingerprint density at radius 3 is 2.00 bits per heavy atom. The minimum Gasteiger partial charge on any atom is -0.465 e. The van der Waals surface area contributed by atoms with E-state index < -0.39 is 22.7 Å². The highest BCUT2D eigenvalue weighted by Gasteiger charge is 2.51. The van der Waals surface area contributed by atoms with Gasteiger partial charge in [0.05, 0.1) is 12.6 Å². The van der Waals surface area contributed by atoms with Gasteiger partial charge in [-0.15, -0.1) is 11.8 Å². The molecule has 4 aromatic rings. The summed E-state index contributed by atoms with van der Waals surface area (Å²) in [5.74, 6) is 0. The molecule has 0 saturated carbocycles. The molecule has 1 amide bonds. The maximum absolute atomic E-state index is 14.0. The number of amides is 1. The van der Waals surface area contributed by atoms with E-state index in [1.807, 2.05) is 41.1 Å². The van der Waals surface area contributed by atoms with Gasteiger partial charge in [-0.05, 0) is 64.6 Å². The fraction of sp³-hybridized carbons (Fsp3) is 0.488. The molecule has 3 aromatic carbocycles. The normalized spacial score (nSPS) is 17.6. The van der Waals surface area contributed by atoms with Gasteiger partial charge in [-0.1, -0.05) is 132 Å². The molecule has 5 rings (SSSR count). The van der Waals surface area contributed by atoms with E-state index in [0.717, 1.165) is 14.8 Å². The van der Waals surface area contributed by atoms with Gasteiger partial charge in [-0.25, -0.2) is 4.79 Å². The summed E-state index contributed by atoms with van der Waals surface area (Å²) < 4.78 is 16.7. The summed E-state index contributed by atoms with van der Waals surface area (Å²) in [5, 5.41) is 14.3. The molecule has 0 bridgehead atoms. The maximum atomic E-state index is 14.0. The largest absolute Gasteiger partial charge is 0.465 e. The number of rotatable bonds is 12. The predicted molar refractivity (Wildman–Crippen MR) is 234 cm³/mol. The van der Waals surface area contributed by atoms with Crippen LogP contribution >= 0.6 is 27.7 Å². The lowest BCUT2D eigenvalue weighted by molar-refractivity contribution is 0.0831. The molecule has 292 valence electrons. The van der Waals surface area contributed by atoms with Gasteiger partial charge in [0, 0.05) is 56.7 Å². The Hall–Kier alpha value is -2.68. The molecule has 1 aromatic heterocycles. The Kier molecular flexibility index (Phi) is 12.9. The molecule has 0 unspecified atom stereocenters. The Bertz CT molecular complexity index is 1940. The van der Waals surface area contributed by atoms with Crippen molar-refractivity contribution in [1.29, 1.82) is 0 Å². The number of fused-ring (bicyclic) bond motifs is 1. The Morgan fingerprint density at radius 1 is 0.870 bits per heavy atom. The van der Waals surface area contributed by atoms with Crippen LogP contribution in [0.15, 0.2) is 99.2 Å². The minimum atomic E-state index is -2.88. The highest BCUT2D eigenvalue weighted by Crippen LogP contribution is 2.41. The van der Waals surface area contributed by atoms with Crippen LogP contribution in [0, 0.1) is 5.41 Å². The van der Waals surface area contributed by atoms with Gasteiger partial charge < -0.3 is 23.4 Å². The number of aromatic nitrogens is 1. The number of piperidine rings is 1. The third-order valence-corrected chi connectivity index (χ3v) is 22.7. The van der Waals surface area contributed by atoms with Crippen molar-refractivity contribution in [2.45, 2.75) is 114 Å². The van der Waals surface area contributed by atoms with Gasteiger partial charge in [-0.2, -0.15) is 0 Å². The number of carboxylic acid groups (broad SMARTS) is 1. The quantitative estimate of drug-likeness (QED) is 0.143. The summed E-state index contributed by atoms with van der Waals surface area (Å²) in [6.07, 6.45) is 2.44. The van der Waals surface area contributed by atoms with Gasteiger partial charge >= 0.3 is 6.09 Å². The summed E-state index contributed by atoms with van der Waals surface area (Å²) in [6.45, 7) is 24.1. The molecule has 1 fully saturated rings. The predicted octanol–water partition coefficient (Wildman–Crippen LogP) is 9.99. The van der Waals surface area contributed by atoms with Crippen LogP contribution in [-0.2, 0) is 15.4 Å². The van der Waals surface area contributed by atoms with E-state index in [9.17, 15) is 14.7 Å². The number of nitrogens with zero attached hydrogens (tertiary/aromatic N) is 2. The number of hydrogen-bond donors (Lipinski definition) is 1. The van der Waals surface area contributed by atoms with Crippen LogP contribution in [0.4, 0.5) is 4.79 Å². The summed E-state index contributed by atoms with van der Waals surface area (Å²) >= 11 is 5.40. The van der Waals surface area contributed by atoms with Crippen LogP contribution in [0.25, 0.3) is 10.8 Å². The second kappa shape index (κ2) is 16.4. The van der Waals surface area contributed by atoms with Crippen molar-refractivity contribution >= 4 is 71.6 Å². The first-order chi connectivity index (χ1) is 25.1. The van der Waals surface area contributed by atoms with Crippen LogP contribution in [0.2, 0.25) is 23.2 Å². The first kappa shape index (κ1) is 42.5. The lowest BCUT2D eigenvalue weighted by atomic mass is 9.94. The number of likely N-dealkylation sites (tertiary alicyclic amines) is 1. The fourth-order valence-corrected chi connectivity index (χ4v) is 14.9. The van der Waals surface area contributed by atoms with Crippen molar-refractivity contribution in [3.63, 3.8) is 0 Å². The Labute approximate surface area is 337 Å². The maximum Gasteiger partial charge on any atom is 0.407 e. The van der Waals surface area contributed by atoms with E-state index in [1.165, 1.54) is 10.4 Å². The molecule has 7 nitrogen and oxygen atoms in total. The van der Waals surface area contributed by atoms with Crippen molar-refractivity contribution in [1.82, 2.24) is 9.47 Å². The Morgan fingerprint density at radius 2 is 1.46 bits per heavy atom. The number of halogens is 1. The van der Waals surface area contributed by atoms with Crippen molar-refractivity contribution < 1.29 is 18.8 Å². The highest BCUT2D eigenvalue weighted by atomic mass is 79.9. The number of pyridine rings is 1. The minimum absolute atomic E-state index is 0.0143. The van der Waals surface area contributed by atoms with E-state index in [4.69, 9.17) is 8.85 Å². The van der Waals surface area contributed by atoms with Crippen molar-refractivity contribution in [2.75, 3.05) is 19.8 Å². The SMILES string of the molecule is CC(C)(CO[Si](C)(C)C(C)(C)C)Cn1cc(S[C@H]2CCN(C(=O)O)[C@H](CO[Si](c3ccccc3)(c3ccccc3)C(C)(C)C)C2)c2cc(Br)ccc2c1=O. The second-order valence-corrected chi connectivity index (χ2v) is 29.6. The molecule has 0 radical (unpaired) electrons. The van der Waals surface area contributed by atoms with E-state index >= 15 is 0 Å². The molecule has 2 heterocycles. The van der Waals surface area contributed by atoms with Crippen LogP contribution < -0.4 is 15.9 Å². The van der Waals surface area contributed by atoms with Crippen molar-refractivity contribution in [3.05, 3.63) is 99.9 Å². The monoisotopic (exact) mass is 850 g/mol. The zero-order chi connectivity index (χ0) is 39.7. The standard InChI is InChI=1S/C43H59BrN2O5SSi2/c1-41(2,3)53(9,10)51-30-43(7,8)29-45-27-38(37-25-31(44)21-22-36(37)39(45)47)52-33-23-24-46(40(48)49)32(26-33)28-50-54(42(4,5)6,34-17-13-11-14-18-34)35-19-15-12-16-20-35/h11-22,25,27,32-33H,23-24,26,28-30H2,1-10H3,(H,48,49)/t32-,33-/m0/s1. The molecule has 1 aliphatic heterocycles. The molecule has 54 heavy (non-hydrogen) atoms. The topological polar surface area (TPSA) is 81.0 Å². The zero-order valence-corrected chi connectivity index (χ0v) is 38.1. The number of carbonyl (C=O) groups is 1. The van der Waals surface area contributed by atoms with Crippen LogP contribution in [0.3, 0.4) is 0 Å². The first-order valence-corrected chi connectivity index (χ1v) is 25.5. The number of thioether (sulfide) groups is 1. The van der Waals surface area contributed by atoms with Crippen LogP contribution in [0.1, 0.15) is 68.2 Å². The first-order valence-electron chi connectivity index (χ1n) is 19.0.